The second-order valence-electron chi connectivity index (χ2n) is 3.89. The minimum atomic E-state index is 0.289. The summed E-state index contributed by atoms with van der Waals surface area (Å²) in [5, 5.41) is 12.5. The van der Waals surface area contributed by atoms with Crippen LogP contribution in [0.15, 0.2) is 0 Å². The van der Waals surface area contributed by atoms with E-state index in [1.807, 2.05) is 0 Å². The van der Waals surface area contributed by atoms with Crippen molar-refractivity contribution in [3.05, 3.63) is 0 Å². The smallest absolute Gasteiger partial charge is 0.0586 e. The lowest BCUT2D eigenvalue weighted by Gasteiger charge is -2.36. The van der Waals surface area contributed by atoms with Gasteiger partial charge < -0.3 is 10.4 Å². The summed E-state index contributed by atoms with van der Waals surface area (Å²) in [6.07, 6.45) is 3.47. The highest BCUT2D eigenvalue weighted by Gasteiger charge is 2.22. The highest BCUT2D eigenvalue weighted by atomic mass is 16.3. The molecular weight excluding hydrogens is 164 g/mol. The van der Waals surface area contributed by atoms with Gasteiger partial charge >= 0.3 is 0 Å². The number of aliphatic hydroxyl groups is 1. The minimum Gasteiger partial charge on any atom is -0.395 e. The largest absolute Gasteiger partial charge is 0.395 e. The van der Waals surface area contributed by atoms with E-state index in [2.05, 4.69) is 24.2 Å². The van der Waals surface area contributed by atoms with Crippen molar-refractivity contribution >= 4 is 0 Å². The number of hydrogen-bond acceptors (Lipinski definition) is 3. The topological polar surface area (TPSA) is 35.5 Å². The molecule has 78 valence electrons. The summed E-state index contributed by atoms with van der Waals surface area (Å²) in [4.78, 5) is 2.35. The Bertz CT molecular complexity index is 131. The van der Waals surface area contributed by atoms with Gasteiger partial charge in [0.2, 0.25) is 0 Å². The van der Waals surface area contributed by atoms with E-state index in [9.17, 15) is 0 Å². The summed E-state index contributed by atoms with van der Waals surface area (Å²) in [6, 6.07) is 1.02. The molecule has 0 aliphatic carbocycles. The number of nitrogens with one attached hydrogen (secondary N) is 1. The van der Waals surface area contributed by atoms with Crippen LogP contribution in [0, 0.1) is 0 Å². The van der Waals surface area contributed by atoms with Gasteiger partial charge in [-0.3, -0.25) is 4.90 Å². The second-order valence-corrected chi connectivity index (χ2v) is 3.89. The molecule has 0 amide bonds. The number of hydrogen-bond donors (Lipinski definition) is 2. The fraction of sp³-hybridized carbons (Fsp3) is 1.00. The number of piperidine rings is 1. The Kier molecular flexibility index (Phi) is 4.70. The van der Waals surface area contributed by atoms with Gasteiger partial charge in [0.25, 0.3) is 0 Å². The molecule has 13 heavy (non-hydrogen) atoms. The van der Waals surface area contributed by atoms with Gasteiger partial charge in [-0.05, 0) is 39.4 Å². The lowest BCUT2D eigenvalue weighted by molar-refractivity contribution is 0.0903. The van der Waals surface area contributed by atoms with Crippen LogP contribution in [0.4, 0.5) is 0 Å². The average Bonchev–Trinajstić information content (AvgIpc) is 2.21. The molecule has 1 saturated heterocycles. The first-order valence-electron chi connectivity index (χ1n) is 5.33. The number of nitrogens with zero attached hydrogens (tertiary/aromatic N) is 1. The number of rotatable bonds is 4. The van der Waals surface area contributed by atoms with Crippen LogP contribution in [-0.4, -0.2) is 48.8 Å². The van der Waals surface area contributed by atoms with Crippen LogP contribution in [0.1, 0.15) is 26.2 Å². The quantitative estimate of drug-likeness (QED) is 0.669. The summed E-state index contributed by atoms with van der Waals surface area (Å²) in [6.45, 7) is 4.67. The average molecular weight is 186 g/mol. The summed E-state index contributed by atoms with van der Waals surface area (Å²) < 4.78 is 0. The van der Waals surface area contributed by atoms with Crippen LogP contribution >= 0.6 is 0 Å². The first-order chi connectivity index (χ1) is 6.29. The lowest BCUT2D eigenvalue weighted by Crippen LogP contribution is -2.46. The van der Waals surface area contributed by atoms with E-state index < -0.39 is 0 Å². The van der Waals surface area contributed by atoms with E-state index in [-0.39, 0.29) is 6.61 Å². The molecule has 1 atom stereocenters. The first-order valence-corrected chi connectivity index (χ1v) is 5.33. The van der Waals surface area contributed by atoms with E-state index in [1.165, 1.54) is 12.8 Å². The Morgan fingerprint density at radius 1 is 1.46 bits per heavy atom. The fourth-order valence-corrected chi connectivity index (χ4v) is 2.06. The monoisotopic (exact) mass is 186 g/mol. The van der Waals surface area contributed by atoms with Crippen molar-refractivity contribution in [2.24, 2.45) is 0 Å². The van der Waals surface area contributed by atoms with Crippen molar-refractivity contribution in [1.29, 1.82) is 0 Å². The van der Waals surface area contributed by atoms with Crippen LogP contribution in [-0.2, 0) is 0 Å². The van der Waals surface area contributed by atoms with Crippen molar-refractivity contribution in [3.8, 4) is 0 Å². The normalized spacial score (nSPS) is 22.2. The third-order valence-electron chi connectivity index (χ3n) is 3.14. The van der Waals surface area contributed by atoms with Gasteiger partial charge in [-0.1, -0.05) is 6.92 Å². The highest BCUT2D eigenvalue weighted by Crippen LogP contribution is 2.14. The maximum Gasteiger partial charge on any atom is 0.0586 e. The molecule has 3 nitrogen and oxygen atoms in total. The lowest BCUT2D eigenvalue weighted by atomic mass is 10.0. The Morgan fingerprint density at radius 2 is 2.08 bits per heavy atom. The molecule has 0 aromatic rings. The Morgan fingerprint density at radius 3 is 2.54 bits per heavy atom. The zero-order chi connectivity index (χ0) is 9.68. The molecule has 2 N–H and O–H groups in total. The molecular formula is C10H22N2O. The maximum atomic E-state index is 9.17. The molecule has 1 heterocycles. The number of likely N-dealkylation sites (N-methyl/N-ethyl adjacent to an activating group) is 1. The summed E-state index contributed by atoms with van der Waals surface area (Å²) >= 11 is 0. The van der Waals surface area contributed by atoms with Crippen molar-refractivity contribution in [2.45, 2.75) is 38.3 Å². The second kappa shape index (κ2) is 5.58. The van der Waals surface area contributed by atoms with Crippen molar-refractivity contribution in [2.75, 3.05) is 26.7 Å². The van der Waals surface area contributed by atoms with Crippen LogP contribution in [0.3, 0.4) is 0 Å². The summed E-state index contributed by atoms with van der Waals surface area (Å²) in [5.74, 6) is 0. The van der Waals surface area contributed by atoms with Crippen molar-refractivity contribution in [1.82, 2.24) is 10.2 Å². The SMILES string of the molecule is CCC(CO)N(C)C1CCNCC1. The van der Waals surface area contributed by atoms with E-state index in [4.69, 9.17) is 5.11 Å². The van der Waals surface area contributed by atoms with Gasteiger partial charge in [-0.2, -0.15) is 0 Å². The van der Waals surface area contributed by atoms with Crippen molar-refractivity contribution in [3.63, 3.8) is 0 Å². The molecule has 0 aromatic heterocycles. The molecule has 0 saturated carbocycles. The van der Waals surface area contributed by atoms with Crippen LogP contribution in [0.2, 0.25) is 0 Å². The fourth-order valence-electron chi connectivity index (χ4n) is 2.06. The van der Waals surface area contributed by atoms with Gasteiger partial charge in [-0.25, -0.2) is 0 Å². The molecule has 1 unspecified atom stereocenters. The summed E-state index contributed by atoms with van der Waals surface area (Å²) in [5.41, 5.74) is 0. The van der Waals surface area contributed by atoms with Crippen LogP contribution in [0.5, 0.6) is 0 Å². The Labute approximate surface area is 81.1 Å². The van der Waals surface area contributed by atoms with Crippen LogP contribution in [0.25, 0.3) is 0 Å². The molecule has 1 aliphatic heterocycles. The highest BCUT2D eigenvalue weighted by molar-refractivity contribution is 4.79. The molecule has 1 aliphatic rings. The third-order valence-corrected chi connectivity index (χ3v) is 3.14. The molecule has 1 fully saturated rings. The van der Waals surface area contributed by atoms with Gasteiger partial charge in [0.1, 0.15) is 0 Å². The predicted octanol–water partition coefficient (Wildman–Crippen LogP) is 0.441. The van der Waals surface area contributed by atoms with Crippen molar-refractivity contribution < 1.29 is 5.11 Å². The third kappa shape index (κ3) is 2.93. The standard InChI is InChI=1S/C10H22N2O/c1-3-9(8-13)12(2)10-4-6-11-7-5-10/h9-11,13H,3-8H2,1-2H3. The molecule has 1 rings (SSSR count). The molecule has 0 spiro atoms. The Balaban J connectivity index is 2.38. The van der Waals surface area contributed by atoms with Gasteiger partial charge in [0.15, 0.2) is 0 Å². The Hall–Kier alpha value is -0.120. The minimum absolute atomic E-state index is 0.289. The van der Waals surface area contributed by atoms with E-state index >= 15 is 0 Å². The van der Waals surface area contributed by atoms with E-state index in [1.54, 1.807) is 0 Å². The van der Waals surface area contributed by atoms with E-state index in [0.29, 0.717) is 12.1 Å². The first kappa shape index (κ1) is 11.0. The molecule has 3 heteroatoms. The van der Waals surface area contributed by atoms with Gasteiger partial charge in [0, 0.05) is 12.1 Å². The molecule has 0 bridgehead atoms. The zero-order valence-corrected chi connectivity index (χ0v) is 8.79. The molecule has 0 radical (unpaired) electrons. The molecule has 0 aromatic carbocycles. The predicted molar refractivity (Wildman–Crippen MR) is 54.8 cm³/mol. The summed E-state index contributed by atoms with van der Waals surface area (Å²) in [7, 11) is 2.14. The van der Waals surface area contributed by atoms with Gasteiger partial charge in [0.05, 0.1) is 6.61 Å². The maximum absolute atomic E-state index is 9.17. The zero-order valence-electron chi connectivity index (χ0n) is 8.79. The van der Waals surface area contributed by atoms with Crippen LogP contribution < -0.4 is 5.32 Å². The van der Waals surface area contributed by atoms with E-state index in [0.717, 1.165) is 19.5 Å². The number of aliphatic hydroxyl groups excluding tert-OH is 1. The van der Waals surface area contributed by atoms with Gasteiger partial charge in [-0.15, -0.1) is 0 Å².